The first kappa shape index (κ1) is 18.9. The van der Waals surface area contributed by atoms with E-state index in [2.05, 4.69) is 0 Å². The van der Waals surface area contributed by atoms with Gasteiger partial charge in [0.1, 0.15) is 5.75 Å². The van der Waals surface area contributed by atoms with E-state index in [9.17, 15) is 4.79 Å². The Morgan fingerprint density at radius 1 is 0.833 bits per heavy atom. The Bertz CT molecular complexity index is 651. The molecule has 0 aliphatic carbocycles. The highest BCUT2D eigenvalue weighted by atomic mass is 35.5. The Labute approximate surface area is 156 Å². The van der Waals surface area contributed by atoms with Gasteiger partial charge in [0.05, 0.1) is 28.8 Å². The molecule has 0 heterocycles. The van der Waals surface area contributed by atoms with Gasteiger partial charge in [0, 0.05) is 5.02 Å². The van der Waals surface area contributed by atoms with Crippen molar-refractivity contribution in [1.29, 1.82) is 0 Å². The highest BCUT2D eigenvalue weighted by molar-refractivity contribution is 6.39. The summed E-state index contributed by atoms with van der Waals surface area (Å²) in [5, 5.41) is 1.27. The van der Waals surface area contributed by atoms with E-state index in [-0.39, 0.29) is 5.56 Å². The van der Waals surface area contributed by atoms with Crippen LogP contribution in [-0.4, -0.2) is 19.2 Å². The number of unbranched alkanes of at least 4 members (excludes halogenated alkanes) is 2. The lowest BCUT2D eigenvalue weighted by Gasteiger charge is -2.08. The largest absolute Gasteiger partial charge is 0.494 e. The average Bonchev–Trinajstić information content (AvgIpc) is 2.55. The summed E-state index contributed by atoms with van der Waals surface area (Å²) in [7, 11) is 0. The maximum atomic E-state index is 12.0. The number of esters is 1. The van der Waals surface area contributed by atoms with Crippen LogP contribution in [-0.2, 0) is 4.74 Å². The molecule has 0 saturated heterocycles. The zero-order valence-electron chi connectivity index (χ0n) is 12.9. The summed E-state index contributed by atoms with van der Waals surface area (Å²) in [5.41, 5.74) is 0.215. The number of carbonyl (C=O) groups is 1. The van der Waals surface area contributed by atoms with Crippen LogP contribution in [0.25, 0.3) is 0 Å². The summed E-state index contributed by atoms with van der Waals surface area (Å²) in [4.78, 5) is 12.0. The van der Waals surface area contributed by atoms with Crippen LogP contribution in [0.15, 0.2) is 42.5 Å². The van der Waals surface area contributed by atoms with Gasteiger partial charge in [-0.15, -0.1) is 0 Å². The summed E-state index contributed by atoms with van der Waals surface area (Å²) < 4.78 is 10.8. The monoisotopic (exact) mass is 386 g/mol. The third-order valence-electron chi connectivity index (χ3n) is 3.27. The van der Waals surface area contributed by atoms with Gasteiger partial charge in [-0.25, -0.2) is 4.79 Å². The number of hydrogen-bond donors (Lipinski definition) is 0. The third-order valence-corrected chi connectivity index (χ3v) is 4.15. The van der Waals surface area contributed by atoms with Crippen molar-refractivity contribution in [2.24, 2.45) is 0 Å². The van der Waals surface area contributed by atoms with Gasteiger partial charge in [-0.05, 0) is 55.7 Å². The van der Waals surface area contributed by atoms with E-state index in [0.29, 0.717) is 28.3 Å². The minimum absolute atomic E-state index is 0.215. The summed E-state index contributed by atoms with van der Waals surface area (Å²) in [6.45, 7) is 0.924. The van der Waals surface area contributed by atoms with E-state index >= 15 is 0 Å². The van der Waals surface area contributed by atoms with Crippen molar-refractivity contribution >= 4 is 40.8 Å². The first-order chi connectivity index (χ1) is 11.6. The third kappa shape index (κ3) is 5.90. The van der Waals surface area contributed by atoms with Crippen molar-refractivity contribution in [2.45, 2.75) is 19.3 Å². The van der Waals surface area contributed by atoms with Crippen LogP contribution in [0, 0.1) is 0 Å². The molecule has 0 aliphatic rings. The second-order valence-electron chi connectivity index (χ2n) is 5.10. The number of halogens is 3. The number of benzene rings is 2. The van der Waals surface area contributed by atoms with E-state index in [1.807, 2.05) is 12.1 Å². The lowest BCUT2D eigenvalue weighted by molar-refractivity contribution is 0.0497. The number of carbonyl (C=O) groups excluding carboxylic acids is 1. The van der Waals surface area contributed by atoms with E-state index in [4.69, 9.17) is 44.3 Å². The smallest absolute Gasteiger partial charge is 0.341 e. The summed E-state index contributed by atoms with van der Waals surface area (Å²) in [6.07, 6.45) is 2.50. The normalized spacial score (nSPS) is 10.5. The molecule has 0 spiro atoms. The average molecular weight is 388 g/mol. The zero-order chi connectivity index (χ0) is 17.4. The Hall–Kier alpha value is -1.42. The van der Waals surface area contributed by atoms with Crippen molar-refractivity contribution in [1.82, 2.24) is 0 Å². The van der Waals surface area contributed by atoms with Crippen molar-refractivity contribution in [3.8, 4) is 5.75 Å². The molecular weight excluding hydrogens is 371 g/mol. The molecule has 6 heteroatoms. The van der Waals surface area contributed by atoms with Crippen LogP contribution in [0.5, 0.6) is 5.75 Å². The molecule has 24 heavy (non-hydrogen) atoms. The van der Waals surface area contributed by atoms with Gasteiger partial charge in [-0.2, -0.15) is 0 Å². The van der Waals surface area contributed by atoms with E-state index in [1.54, 1.807) is 30.3 Å². The highest BCUT2D eigenvalue weighted by Crippen LogP contribution is 2.25. The van der Waals surface area contributed by atoms with Gasteiger partial charge in [-0.1, -0.05) is 40.9 Å². The quantitative estimate of drug-likeness (QED) is 0.408. The molecule has 0 saturated carbocycles. The zero-order valence-corrected chi connectivity index (χ0v) is 15.2. The first-order valence-electron chi connectivity index (χ1n) is 7.57. The second kappa shape index (κ2) is 9.77. The maximum Gasteiger partial charge on any atom is 0.341 e. The van der Waals surface area contributed by atoms with Gasteiger partial charge in [0.25, 0.3) is 0 Å². The van der Waals surface area contributed by atoms with Crippen molar-refractivity contribution in [2.75, 3.05) is 13.2 Å². The fourth-order valence-electron chi connectivity index (χ4n) is 2.03. The lowest BCUT2D eigenvalue weighted by Crippen LogP contribution is -2.08. The predicted molar refractivity (Wildman–Crippen MR) is 97.5 cm³/mol. The van der Waals surface area contributed by atoms with Crippen molar-refractivity contribution in [3.63, 3.8) is 0 Å². The van der Waals surface area contributed by atoms with Crippen LogP contribution in [0.4, 0.5) is 0 Å². The standard InChI is InChI=1S/C18H17Cl3O3/c19-13-7-9-14(10-8-13)23-11-2-1-3-12-24-18(22)17-15(20)5-4-6-16(17)21/h4-10H,1-3,11-12H2. The molecule has 0 unspecified atom stereocenters. The van der Waals surface area contributed by atoms with Crippen LogP contribution >= 0.6 is 34.8 Å². The molecule has 2 aromatic rings. The van der Waals surface area contributed by atoms with Gasteiger partial charge in [-0.3, -0.25) is 0 Å². The summed E-state index contributed by atoms with van der Waals surface area (Å²) >= 11 is 17.7. The molecule has 0 atom stereocenters. The Morgan fingerprint density at radius 2 is 1.46 bits per heavy atom. The van der Waals surface area contributed by atoms with E-state index in [1.165, 1.54) is 0 Å². The van der Waals surface area contributed by atoms with Crippen LogP contribution < -0.4 is 4.74 Å². The maximum absolute atomic E-state index is 12.0. The Balaban J connectivity index is 1.61. The Kier molecular flexibility index (Phi) is 7.70. The molecule has 0 aromatic heterocycles. The van der Waals surface area contributed by atoms with E-state index in [0.717, 1.165) is 25.0 Å². The van der Waals surface area contributed by atoms with Crippen LogP contribution in [0.2, 0.25) is 15.1 Å². The van der Waals surface area contributed by atoms with E-state index < -0.39 is 5.97 Å². The molecule has 0 bridgehead atoms. The van der Waals surface area contributed by atoms with Crippen LogP contribution in [0.1, 0.15) is 29.6 Å². The van der Waals surface area contributed by atoms with Crippen molar-refractivity contribution in [3.05, 3.63) is 63.1 Å². The SMILES string of the molecule is O=C(OCCCCCOc1ccc(Cl)cc1)c1c(Cl)cccc1Cl. The summed E-state index contributed by atoms with van der Waals surface area (Å²) in [6, 6.07) is 12.1. The minimum atomic E-state index is -0.497. The molecule has 0 aliphatic heterocycles. The molecule has 128 valence electrons. The minimum Gasteiger partial charge on any atom is -0.494 e. The number of hydrogen-bond acceptors (Lipinski definition) is 3. The molecule has 2 rings (SSSR count). The molecule has 0 fully saturated rings. The number of rotatable bonds is 8. The topological polar surface area (TPSA) is 35.5 Å². The molecule has 0 amide bonds. The molecule has 3 nitrogen and oxygen atoms in total. The van der Waals surface area contributed by atoms with Crippen molar-refractivity contribution < 1.29 is 14.3 Å². The lowest BCUT2D eigenvalue weighted by atomic mass is 10.2. The molecule has 0 N–H and O–H groups in total. The van der Waals surface area contributed by atoms with Crippen LogP contribution in [0.3, 0.4) is 0 Å². The Morgan fingerprint density at radius 3 is 2.12 bits per heavy atom. The van der Waals surface area contributed by atoms with Gasteiger partial charge in [0.15, 0.2) is 0 Å². The molecular formula is C18H17Cl3O3. The fourth-order valence-corrected chi connectivity index (χ4v) is 2.71. The van der Waals surface area contributed by atoms with Gasteiger partial charge < -0.3 is 9.47 Å². The highest BCUT2D eigenvalue weighted by Gasteiger charge is 2.15. The molecule has 2 aromatic carbocycles. The molecule has 0 radical (unpaired) electrons. The fraction of sp³-hybridized carbons (Fsp3) is 0.278. The first-order valence-corrected chi connectivity index (χ1v) is 8.71. The predicted octanol–water partition coefficient (Wildman–Crippen LogP) is 6.05. The second-order valence-corrected chi connectivity index (χ2v) is 6.35. The number of ether oxygens (including phenoxy) is 2. The van der Waals surface area contributed by atoms with Gasteiger partial charge in [0.2, 0.25) is 0 Å². The summed E-state index contributed by atoms with van der Waals surface area (Å²) in [5.74, 6) is 0.294. The van der Waals surface area contributed by atoms with Gasteiger partial charge >= 0.3 is 5.97 Å².